The molecule has 1 aromatic heterocycles. The number of thiazole rings is 1. The van der Waals surface area contributed by atoms with Gasteiger partial charge in [0.2, 0.25) is 0 Å². The highest BCUT2D eigenvalue weighted by Crippen LogP contribution is 2.20. The number of halogens is 1. The van der Waals surface area contributed by atoms with Gasteiger partial charge in [-0.1, -0.05) is 6.92 Å². The van der Waals surface area contributed by atoms with Gasteiger partial charge in [-0.15, -0.1) is 23.7 Å². The maximum atomic E-state index is 5.98. The summed E-state index contributed by atoms with van der Waals surface area (Å²) < 4.78 is 0. The quantitative estimate of drug-likeness (QED) is 0.864. The summed E-state index contributed by atoms with van der Waals surface area (Å²) in [6.45, 7) is 7.47. The predicted octanol–water partition coefficient (Wildman–Crippen LogP) is 1.65. The number of aryl methyl sites for hydroxylation is 1. The van der Waals surface area contributed by atoms with Crippen molar-refractivity contribution in [2.24, 2.45) is 11.7 Å². The molecule has 0 amide bonds. The molecule has 1 fully saturated rings. The third-order valence-corrected chi connectivity index (χ3v) is 3.88. The molecule has 2 heterocycles. The highest BCUT2D eigenvalue weighted by Gasteiger charge is 2.26. The molecule has 2 N–H and O–H groups in total. The third kappa shape index (κ3) is 2.91. The van der Waals surface area contributed by atoms with Gasteiger partial charge in [0, 0.05) is 30.6 Å². The summed E-state index contributed by atoms with van der Waals surface area (Å²) in [6.07, 6.45) is 0. The smallest absolute Gasteiger partial charge is 0.0798 e. The van der Waals surface area contributed by atoms with E-state index in [-0.39, 0.29) is 12.4 Å². The number of nitrogens with zero attached hydrogens (tertiary/aromatic N) is 2. The SMILES string of the molecule is Cc1ncsc1CN1CC(C)C(N)C1.Cl. The average molecular weight is 248 g/mol. The van der Waals surface area contributed by atoms with E-state index in [0.29, 0.717) is 12.0 Å². The Bertz CT molecular complexity index is 305. The van der Waals surface area contributed by atoms with Crippen LogP contribution in [0.4, 0.5) is 0 Å². The van der Waals surface area contributed by atoms with Crippen molar-refractivity contribution in [2.75, 3.05) is 13.1 Å². The molecule has 0 saturated carbocycles. The Balaban J connectivity index is 0.00000112. The summed E-state index contributed by atoms with van der Waals surface area (Å²) in [5, 5.41) is 0. The Morgan fingerprint density at radius 2 is 2.33 bits per heavy atom. The van der Waals surface area contributed by atoms with E-state index < -0.39 is 0 Å². The monoisotopic (exact) mass is 247 g/mol. The summed E-state index contributed by atoms with van der Waals surface area (Å²) in [5.41, 5.74) is 9.07. The second kappa shape index (κ2) is 5.25. The zero-order chi connectivity index (χ0) is 10.1. The fraction of sp³-hybridized carbons (Fsp3) is 0.700. The van der Waals surface area contributed by atoms with Crippen molar-refractivity contribution in [1.82, 2.24) is 9.88 Å². The van der Waals surface area contributed by atoms with Gasteiger partial charge < -0.3 is 5.73 Å². The first-order chi connectivity index (χ1) is 6.66. The first kappa shape index (κ1) is 12.9. The number of hydrogen-bond acceptors (Lipinski definition) is 4. The molecule has 86 valence electrons. The lowest BCUT2D eigenvalue weighted by Gasteiger charge is -2.13. The predicted molar refractivity (Wildman–Crippen MR) is 66.5 cm³/mol. The van der Waals surface area contributed by atoms with Gasteiger partial charge in [0.1, 0.15) is 0 Å². The number of rotatable bonds is 2. The van der Waals surface area contributed by atoms with Crippen LogP contribution in [0.25, 0.3) is 0 Å². The van der Waals surface area contributed by atoms with E-state index >= 15 is 0 Å². The second-order valence-corrected chi connectivity index (χ2v) is 5.14. The molecule has 15 heavy (non-hydrogen) atoms. The van der Waals surface area contributed by atoms with Crippen molar-refractivity contribution >= 4 is 23.7 Å². The molecule has 0 bridgehead atoms. The van der Waals surface area contributed by atoms with Gasteiger partial charge in [0.25, 0.3) is 0 Å². The molecule has 2 rings (SSSR count). The molecule has 2 atom stereocenters. The van der Waals surface area contributed by atoms with E-state index in [2.05, 4.69) is 23.7 Å². The summed E-state index contributed by atoms with van der Waals surface area (Å²) in [7, 11) is 0. The van der Waals surface area contributed by atoms with Crippen molar-refractivity contribution in [2.45, 2.75) is 26.4 Å². The third-order valence-electron chi connectivity index (χ3n) is 2.96. The number of nitrogens with two attached hydrogens (primary N) is 1. The maximum absolute atomic E-state index is 5.98. The molecule has 0 aromatic carbocycles. The highest BCUT2D eigenvalue weighted by atomic mass is 35.5. The molecule has 3 nitrogen and oxygen atoms in total. The lowest BCUT2D eigenvalue weighted by molar-refractivity contribution is 0.321. The van der Waals surface area contributed by atoms with Gasteiger partial charge in [-0.3, -0.25) is 4.90 Å². The van der Waals surface area contributed by atoms with Gasteiger partial charge in [0.15, 0.2) is 0 Å². The van der Waals surface area contributed by atoms with E-state index in [0.717, 1.165) is 19.6 Å². The number of likely N-dealkylation sites (tertiary alicyclic amines) is 1. The lowest BCUT2D eigenvalue weighted by Crippen LogP contribution is -2.28. The fourth-order valence-corrected chi connectivity index (χ4v) is 2.72. The normalized spacial score (nSPS) is 26.6. The van der Waals surface area contributed by atoms with E-state index in [1.807, 2.05) is 5.51 Å². The summed E-state index contributed by atoms with van der Waals surface area (Å²) >= 11 is 1.75. The molecule has 1 saturated heterocycles. The van der Waals surface area contributed by atoms with Crippen LogP contribution >= 0.6 is 23.7 Å². The molecular weight excluding hydrogens is 230 g/mol. The minimum atomic E-state index is 0. The fourth-order valence-electron chi connectivity index (χ4n) is 1.91. The Morgan fingerprint density at radius 3 is 2.80 bits per heavy atom. The summed E-state index contributed by atoms with van der Waals surface area (Å²) in [5.74, 6) is 0.628. The van der Waals surface area contributed by atoms with Crippen LogP contribution in [0.5, 0.6) is 0 Å². The van der Waals surface area contributed by atoms with Crippen molar-refractivity contribution in [3.63, 3.8) is 0 Å². The van der Waals surface area contributed by atoms with Gasteiger partial charge in [-0.05, 0) is 12.8 Å². The van der Waals surface area contributed by atoms with E-state index in [9.17, 15) is 0 Å². The van der Waals surface area contributed by atoms with Gasteiger partial charge in [-0.25, -0.2) is 4.98 Å². The van der Waals surface area contributed by atoms with E-state index in [4.69, 9.17) is 5.73 Å². The Labute approximate surface area is 101 Å². The molecule has 1 aromatic rings. The molecule has 5 heteroatoms. The number of aromatic nitrogens is 1. The lowest BCUT2D eigenvalue weighted by atomic mass is 10.1. The minimum absolute atomic E-state index is 0. The molecular formula is C10H18ClN3S. The van der Waals surface area contributed by atoms with Crippen LogP contribution in [0, 0.1) is 12.8 Å². The largest absolute Gasteiger partial charge is 0.326 e. The van der Waals surface area contributed by atoms with Crippen molar-refractivity contribution in [1.29, 1.82) is 0 Å². The van der Waals surface area contributed by atoms with Crippen LogP contribution in [0.15, 0.2) is 5.51 Å². The van der Waals surface area contributed by atoms with E-state index in [1.54, 1.807) is 11.3 Å². The second-order valence-electron chi connectivity index (χ2n) is 4.20. The van der Waals surface area contributed by atoms with Crippen LogP contribution in [-0.2, 0) is 6.54 Å². The molecule has 0 aliphatic carbocycles. The molecule has 2 unspecified atom stereocenters. The zero-order valence-electron chi connectivity index (χ0n) is 9.14. The first-order valence-corrected chi connectivity index (χ1v) is 5.91. The van der Waals surface area contributed by atoms with E-state index in [1.165, 1.54) is 10.6 Å². The van der Waals surface area contributed by atoms with Crippen LogP contribution in [0.3, 0.4) is 0 Å². The minimum Gasteiger partial charge on any atom is -0.326 e. The van der Waals surface area contributed by atoms with Gasteiger partial charge in [0.05, 0.1) is 11.2 Å². The molecule has 1 aliphatic rings. The summed E-state index contributed by atoms with van der Waals surface area (Å²) in [4.78, 5) is 8.06. The summed E-state index contributed by atoms with van der Waals surface area (Å²) in [6, 6.07) is 0.350. The molecule has 0 radical (unpaired) electrons. The van der Waals surface area contributed by atoms with Crippen molar-refractivity contribution < 1.29 is 0 Å². The Kier molecular flexibility index (Phi) is 4.52. The van der Waals surface area contributed by atoms with Crippen molar-refractivity contribution in [3.05, 3.63) is 16.1 Å². The Hall–Kier alpha value is -0.160. The zero-order valence-corrected chi connectivity index (χ0v) is 10.8. The maximum Gasteiger partial charge on any atom is 0.0798 e. The first-order valence-electron chi connectivity index (χ1n) is 5.03. The van der Waals surface area contributed by atoms with Crippen LogP contribution < -0.4 is 5.73 Å². The van der Waals surface area contributed by atoms with Crippen LogP contribution in [0.2, 0.25) is 0 Å². The Morgan fingerprint density at radius 1 is 1.60 bits per heavy atom. The topological polar surface area (TPSA) is 42.2 Å². The number of hydrogen-bond donors (Lipinski definition) is 1. The van der Waals surface area contributed by atoms with Crippen LogP contribution in [-0.4, -0.2) is 29.0 Å². The highest BCUT2D eigenvalue weighted by molar-refractivity contribution is 7.09. The molecule has 0 spiro atoms. The van der Waals surface area contributed by atoms with Gasteiger partial charge in [-0.2, -0.15) is 0 Å². The standard InChI is InChI=1S/C10H17N3S.ClH/c1-7-3-13(4-9(7)11)5-10-8(2)12-6-14-10;/h6-7,9H,3-5,11H2,1-2H3;1H. The molecule has 1 aliphatic heterocycles. The van der Waals surface area contributed by atoms with Gasteiger partial charge >= 0.3 is 0 Å². The van der Waals surface area contributed by atoms with Crippen molar-refractivity contribution in [3.8, 4) is 0 Å². The van der Waals surface area contributed by atoms with Crippen LogP contribution in [0.1, 0.15) is 17.5 Å². The average Bonchev–Trinajstić information content (AvgIpc) is 2.63.